The van der Waals surface area contributed by atoms with Crippen molar-refractivity contribution in [3.63, 3.8) is 0 Å². The molecule has 0 amide bonds. The van der Waals surface area contributed by atoms with Crippen molar-refractivity contribution < 1.29 is 117 Å². The number of hydrogen-bond donors (Lipinski definition) is 11. The highest BCUT2D eigenvalue weighted by atomic mass is 31.2. The topological polar surface area (TPSA) is 374 Å². The summed E-state index contributed by atoms with van der Waals surface area (Å²) in [6.07, 6.45) is 19.6. The van der Waals surface area contributed by atoms with E-state index in [9.17, 15) is 74.9 Å². The zero-order chi connectivity index (χ0) is 72.5. The number of ether oxygens (including phenoxy) is 7. The molecule has 18 atom stereocenters. The molecule has 1 saturated carbocycles. The number of esters is 3. The highest BCUT2D eigenvalue weighted by Gasteiger charge is 2.58. The molecule has 25 heteroatoms. The molecule has 0 bridgehead atoms. The third-order valence-corrected chi connectivity index (χ3v) is 19.4. The molecule has 0 aromatic rings. The van der Waals surface area contributed by atoms with E-state index < -0.39 is 156 Å². The fourth-order valence-electron chi connectivity index (χ4n) is 12.2. The van der Waals surface area contributed by atoms with Crippen molar-refractivity contribution in [2.24, 2.45) is 0 Å². The Kier molecular flexibility index (Phi) is 50.5. The van der Waals surface area contributed by atoms with Crippen LogP contribution in [-0.2, 0) is 61.2 Å². The summed E-state index contributed by atoms with van der Waals surface area (Å²) >= 11 is 0. The maximum absolute atomic E-state index is 14.3. The summed E-state index contributed by atoms with van der Waals surface area (Å²) in [5, 5.41) is 110. The molecule has 11 N–H and O–H groups in total. The van der Waals surface area contributed by atoms with Gasteiger partial charge in [0.15, 0.2) is 18.7 Å². The Morgan fingerprint density at radius 1 is 0.414 bits per heavy atom. The molecule has 24 nitrogen and oxygen atoms in total. The van der Waals surface area contributed by atoms with Gasteiger partial charge >= 0.3 is 25.7 Å². The number of hydrogen-bond acceptors (Lipinski definition) is 23. The molecule has 18 unspecified atom stereocenters. The molecule has 3 fully saturated rings. The minimum atomic E-state index is -5.72. The fourth-order valence-corrected chi connectivity index (χ4v) is 13.2. The summed E-state index contributed by atoms with van der Waals surface area (Å²) in [6, 6.07) is 0. The Morgan fingerprint density at radius 2 is 0.788 bits per heavy atom. The second-order valence-corrected chi connectivity index (χ2v) is 28.5. The van der Waals surface area contributed by atoms with Gasteiger partial charge in [-0.25, -0.2) is 9.36 Å². The molecule has 0 spiro atoms. The van der Waals surface area contributed by atoms with Gasteiger partial charge in [-0.05, 0) is 77.0 Å². The van der Waals surface area contributed by atoms with Gasteiger partial charge < -0.3 is 89.1 Å². The van der Waals surface area contributed by atoms with E-state index in [1.54, 1.807) is 6.08 Å². The number of unbranched alkanes of at least 4 members (excludes halogenated alkanes) is 32. The van der Waals surface area contributed by atoms with Gasteiger partial charge in [-0.2, -0.15) is 0 Å². The van der Waals surface area contributed by atoms with Crippen molar-refractivity contribution in [2.45, 2.75) is 375 Å². The summed E-state index contributed by atoms with van der Waals surface area (Å²) < 4.78 is 64.8. The number of aliphatic hydroxyl groups excluding tert-OH is 10. The van der Waals surface area contributed by atoms with Gasteiger partial charge in [-0.1, -0.05) is 224 Å². The van der Waals surface area contributed by atoms with Gasteiger partial charge in [0, 0.05) is 18.9 Å². The van der Waals surface area contributed by atoms with Crippen molar-refractivity contribution >= 4 is 25.7 Å². The summed E-state index contributed by atoms with van der Waals surface area (Å²) in [7, 11) is -5.72. The molecule has 0 radical (unpaired) electrons. The normalized spacial score (nSPS) is 27.7. The molecule has 3 aliphatic rings. The van der Waals surface area contributed by atoms with E-state index in [0.717, 1.165) is 109 Å². The highest BCUT2D eigenvalue weighted by Crippen LogP contribution is 2.49. The monoisotopic (exact) mass is 1430 g/mol. The average molecular weight is 1440 g/mol. The van der Waals surface area contributed by atoms with E-state index in [0.29, 0.717) is 19.3 Å². The van der Waals surface area contributed by atoms with E-state index in [4.69, 9.17) is 42.2 Å². The molecule has 0 aromatic carbocycles. The van der Waals surface area contributed by atoms with Crippen molar-refractivity contribution in [1.82, 2.24) is 0 Å². The first-order valence-corrected chi connectivity index (χ1v) is 39.5. The van der Waals surface area contributed by atoms with Crippen LogP contribution in [0.3, 0.4) is 0 Å². The number of carbonyl (C=O) groups excluding carboxylic acids is 3. The van der Waals surface area contributed by atoms with E-state index in [1.165, 1.54) is 122 Å². The smallest absolute Gasteiger partial charge is 0.463 e. The molecular formula is C74H131O24P. The quantitative estimate of drug-likeness (QED) is 0.00512. The van der Waals surface area contributed by atoms with Crippen molar-refractivity contribution in [3.05, 3.63) is 48.6 Å². The lowest BCUT2D eigenvalue weighted by Gasteiger charge is -2.49. The van der Waals surface area contributed by atoms with Crippen LogP contribution in [0, 0.1) is 0 Å². The Balaban J connectivity index is 1.75. The van der Waals surface area contributed by atoms with Gasteiger partial charge in [-0.3, -0.25) is 18.6 Å². The average Bonchev–Trinajstić information content (AvgIpc) is 0.762. The van der Waals surface area contributed by atoms with Crippen LogP contribution in [-0.4, -0.2) is 204 Å². The zero-order valence-corrected chi connectivity index (χ0v) is 60.9. The van der Waals surface area contributed by atoms with Crippen LogP contribution >= 0.6 is 7.82 Å². The standard InChI is InChI=1S/C74H131O24P/c1-4-7-10-13-16-19-22-25-28-31-33-36-39-42-45-48-58(76)90-52-55(93-60(78)50-47-44-41-38-35-30-27-24-21-18-15-12-9-6-3)53-92-99(88,89)98-72-70(96-73-68(86)63(81)61(79)56(51-75)94-73)66(84)65(83)67(85)71(72)97-74-69(87)64(82)62(80)57(95-74)54-91-59(77)49-46-43-40-37-34-32-29-26-23-20-17-14-11-8-5-2/h20,23,30,35,39,42,45,48,55-57,61-75,79-87H,4-19,21-22,24-29,31-34,36-38,40-41,43-44,46-47,49-54H2,1-3H3,(H,88,89)/b23-20-,35-30-,42-39+,48-45+. The molecule has 1 aliphatic carbocycles. The zero-order valence-electron chi connectivity index (χ0n) is 60.0. The third-order valence-electron chi connectivity index (χ3n) is 18.4. The molecule has 2 aliphatic heterocycles. The van der Waals surface area contributed by atoms with Crippen LogP contribution in [0.15, 0.2) is 48.6 Å². The van der Waals surface area contributed by atoms with Gasteiger partial charge in [0.05, 0.1) is 13.2 Å². The number of aliphatic hydroxyl groups is 10. The van der Waals surface area contributed by atoms with Gasteiger partial charge in [0.1, 0.15) is 98.7 Å². The lowest BCUT2D eigenvalue weighted by molar-refractivity contribution is -0.360. The second-order valence-electron chi connectivity index (χ2n) is 27.1. The van der Waals surface area contributed by atoms with E-state index >= 15 is 0 Å². The first kappa shape index (κ1) is 90.1. The molecule has 99 heavy (non-hydrogen) atoms. The van der Waals surface area contributed by atoms with Gasteiger partial charge in [-0.15, -0.1) is 0 Å². The largest absolute Gasteiger partial charge is 0.472 e. The maximum atomic E-state index is 14.3. The molecule has 2 saturated heterocycles. The minimum Gasteiger partial charge on any atom is -0.463 e. The Bertz CT molecular complexity index is 2240. The Labute approximate surface area is 590 Å². The lowest BCUT2D eigenvalue weighted by Crippen LogP contribution is -2.69. The number of phosphoric acid groups is 1. The molecule has 576 valence electrons. The van der Waals surface area contributed by atoms with Crippen LogP contribution in [0.5, 0.6) is 0 Å². The number of carbonyl (C=O) groups is 3. The van der Waals surface area contributed by atoms with Crippen LogP contribution in [0.2, 0.25) is 0 Å². The third kappa shape index (κ3) is 38.5. The van der Waals surface area contributed by atoms with Gasteiger partial charge in [0.2, 0.25) is 0 Å². The Hall–Kier alpha value is -3.08. The maximum Gasteiger partial charge on any atom is 0.472 e. The first-order chi connectivity index (χ1) is 47.8. The van der Waals surface area contributed by atoms with Crippen molar-refractivity contribution in [1.29, 1.82) is 0 Å². The molecular weight excluding hydrogens is 1300 g/mol. The molecule has 3 rings (SSSR count). The van der Waals surface area contributed by atoms with E-state index in [1.807, 2.05) is 6.08 Å². The summed E-state index contributed by atoms with van der Waals surface area (Å²) in [5.74, 6) is -2.27. The SMILES string of the molecule is CCCCCC/C=C\CCCCCCCCCC(=O)OCC1OC(OC2C(O)C(O)C(O)C(OC3OC(CO)C(O)C(O)C3O)C2OP(=O)(O)OCC(COC(=O)/C=C/C=C/CCCCCCCCCCCCC)OC(=O)CCCCC/C=C\CCCCCCCCC)C(O)C(O)C1O. The lowest BCUT2D eigenvalue weighted by atomic mass is 9.84. The molecule has 0 aromatic heterocycles. The summed E-state index contributed by atoms with van der Waals surface area (Å²) in [4.78, 5) is 50.9. The van der Waals surface area contributed by atoms with Crippen LogP contribution in [0.25, 0.3) is 0 Å². The Morgan fingerprint density at radius 3 is 1.24 bits per heavy atom. The molecule has 2 heterocycles. The predicted octanol–water partition coefficient (Wildman–Crippen LogP) is 10.5. The van der Waals surface area contributed by atoms with Crippen LogP contribution in [0.1, 0.15) is 271 Å². The predicted molar refractivity (Wildman–Crippen MR) is 374 cm³/mol. The summed E-state index contributed by atoms with van der Waals surface area (Å²) in [5.41, 5.74) is 0. The fraction of sp³-hybridized carbons (Fsp3) is 0.851. The number of allylic oxidation sites excluding steroid dienone is 7. The van der Waals surface area contributed by atoms with Crippen molar-refractivity contribution in [3.8, 4) is 0 Å². The summed E-state index contributed by atoms with van der Waals surface area (Å²) in [6.45, 7) is 3.29. The second kappa shape index (κ2) is 55.4. The number of phosphoric ester groups is 1. The first-order valence-electron chi connectivity index (χ1n) is 38.0. The number of rotatable bonds is 58. The van der Waals surface area contributed by atoms with E-state index in [-0.39, 0.29) is 12.8 Å². The van der Waals surface area contributed by atoms with Crippen LogP contribution in [0.4, 0.5) is 0 Å². The van der Waals surface area contributed by atoms with Crippen molar-refractivity contribution in [2.75, 3.05) is 26.4 Å². The van der Waals surface area contributed by atoms with Crippen LogP contribution < -0.4 is 0 Å². The minimum absolute atomic E-state index is 0.0182. The van der Waals surface area contributed by atoms with Gasteiger partial charge in [0.25, 0.3) is 0 Å². The van der Waals surface area contributed by atoms with E-state index in [2.05, 4.69) is 45.1 Å². The highest BCUT2D eigenvalue weighted by molar-refractivity contribution is 7.47.